The van der Waals surface area contributed by atoms with Crippen molar-refractivity contribution in [3.05, 3.63) is 29.1 Å². The fourth-order valence-electron chi connectivity index (χ4n) is 3.56. The molecule has 0 amide bonds. The van der Waals surface area contributed by atoms with Gasteiger partial charge in [-0.2, -0.15) is 13.2 Å². The Morgan fingerprint density at radius 2 is 2.16 bits per heavy atom. The third kappa shape index (κ3) is 5.17. The number of nitrogens with one attached hydrogen (secondary N) is 1. The van der Waals surface area contributed by atoms with E-state index in [2.05, 4.69) is 10.3 Å². The van der Waals surface area contributed by atoms with Gasteiger partial charge in [0.1, 0.15) is 0 Å². The van der Waals surface area contributed by atoms with E-state index in [1.807, 2.05) is 6.92 Å². The molecule has 140 valence electrons. The standard InChI is InChI=1S/C18H25F3N2O2/c1-3-4-5-14(17(24)25)12-6-7-22-15(9-12)16-10-13(18(19,20)21)8-11(2)23-16/h8,10,12,14-15,22H,3-7,9H2,1-2H3,(H,24,25). The minimum absolute atomic E-state index is 0.0491. The summed E-state index contributed by atoms with van der Waals surface area (Å²) in [6, 6.07) is 1.77. The van der Waals surface area contributed by atoms with Crippen LogP contribution < -0.4 is 5.32 Å². The summed E-state index contributed by atoms with van der Waals surface area (Å²) in [6.07, 6.45) is -0.831. The van der Waals surface area contributed by atoms with E-state index in [9.17, 15) is 23.1 Å². The van der Waals surface area contributed by atoms with Gasteiger partial charge in [-0.15, -0.1) is 0 Å². The number of aromatic nitrogens is 1. The zero-order valence-corrected chi connectivity index (χ0v) is 14.6. The van der Waals surface area contributed by atoms with Crippen LogP contribution in [0.4, 0.5) is 13.2 Å². The van der Waals surface area contributed by atoms with Crippen LogP contribution in [0.1, 0.15) is 62.0 Å². The van der Waals surface area contributed by atoms with Crippen LogP contribution in [0.15, 0.2) is 12.1 Å². The first kappa shape index (κ1) is 19.7. The SMILES string of the molecule is CCCCC(C(=O)O)C1CCNC(c2cc(C(F)(F)F)cc(C)n2)C1. The summed E-state index contributed by atoms with van der Waals surface area (Å²) in [4.78, 5) is 15.9. The monoisotopic (exact) mass is 358 g/mol. The lowest BCUT2D eigenvalue weighted by molar-refractivity contribution is -0.144. The van der Waals surface area contributed by atoms with Gasteiger partial charge in [0.05, 0.1) is 17.2 Å². The molecule has 25 heavy (non-hydrogen) atoms. The molecule has 1 fully saturated rings. The summed E-state index contributed by atoms with van der Waals surface area (Å²) in [7, 11) is 0. The van der Waals surface area contributed by atoms with Gasteiger partial charge < -0.3 is 10.4 Å². The molecule has 0 aromatic carbocycles. The molecular formula is C18H25F3N2O2. The maximum absolute atomic E-state index is 13.0. The second kappa shape index (κ2) is 8.17. The van der Waals surface area contributed by atoms with Crippen molar-refractivity contribution in [2.24, 2.45) is 11.8 Å². The number of hydrogen-bond donors (Lipinski definition) is 2. The number of carbonyl (C=O) groups is 1. The highest BCUT2D eigenvalue weighted by Crippen LogP contribution is 2.36. The lowest BCUT2D eigenvalue weighted by atomic mass is 9.78. The highest BCUT2D eigenvalue weighted by atomic mass is 19.4. The average Bonchev–Trinajstić information content (AvgIpc) is 2.54. The van der Waals surface area contributed by atoms with Crippen LogP contribution in [0.25, 0.3) is 0 Å². The first-order valence-corrected chi connectivity index (χ1v) is 8.74. The van der Waals surface area contributed by atoms with Gasteiger partial charge in [-0.3, -0.25) is 9.78 Å². The Labute approximate surface area is 145 Å². The van der Waals surface area contributed by atoms with Crippen molar-refractivity contribution in [3.8, 4) is 0 Å². The maximum atomic E-state index is 13.0. The molecule has 1 aliphatic rings. The Bertz CT molecular complexity index is 604. The molecule has 2 heterocycles. The Hall–Kier alpha value is -1.63. The molecule has 2 N–H and O–H groups in total. The van der Waals surface area contributed by atoms with Crippen molar-refractivity contribution in [2.75, 3.05) is 6.54 Å². The molecule has 1 aromatic rings. The quantitative estimate of drug-likeness (QED) is 0.794. The van der Waals surface area contributed by atoms with E-state index in [-0.39, 0.29) is 12.0 Å². The van der Waals surface area contributed by atoms with E-state index in [1.165, 1.54) is 0 Å². The maximum Gasteiger partial charge on any atom is 0.416 e. The van der Waals surface area contributed by atoms with Gasteiger partial charge in [-0.25, -0.2) is 0 Å². The van der Waals surface area contributed by atoms with E-state index in [0.717, 1.165) is 31.4 Å². The zero-order valence-electron chi connectivity index (χ0n) is 14.6. The van der Waals surface area contributed by atoms with Gasteiger partial charge in [0.15, 0.2) is 0 Å². The van der Waals surface area contributed by atoms with Crippen LogP contribution >= 0.6 is 0 Å². The number of rotatable bonds is 6. The molecule has 3 atom stereocenters. The summed E-state index contributed by atoms with van der Waals surface area (Å²) in [5, 5.41) is 12.7. The molecule has 0 bridgehead atoms. The van der Waals surface area contributed by atoms with Crippen LogP contribution in [-0.2, 0) is 11.0 Å². The number of nitrogens with zero attached hydrogens (tertiary/aromatic N) is 1. The Morgan fingerprint density at radius 1 is 1.44 bits per heavy atom. The molecule has 2 rings (SSSR count). The van der Waals surface area contributed by atoms with Crippen molar-refractivity contribution in [1.29, 1.82) is 0 Å². The Morgan fingerprint density at radius 3 is 2.76 bits per heavy atom. The topological polar surface area (TPSA) is 62.2 Å². The molecule has 0 saturated carbocycles. The summed E-state index contributed by atoms with van der Waals surface area (Å²) < 4.78 is 39.1. The second-order valence-corrected chi connectivity index (χ2v) is 6.80. The van der Waals surface area contributed by atoms with Crippen molar-refractivity contribution in [3.63, 3.8) is 0 Å². The minimum atomic E-state index is -4.42. The van der Waals surface area contributed by atoms with E-state index in [1.54, 1.807) is 6.92 Å². The molecule has 3 unspecified atom stereocenters. The molecule has 1 aromatic heterocycles. The first-order chi connectivity index (χ1) is 11.7. The second-order valence-electron chi connectivity index (χ2n) is 6.80. The summed E-state index contributed by atoms with van der Waals surface area (Å²) in [6.45, 7) is 4.14. The van der Waals surface area contributed by atoms with E-state index < -0.39 is 23.6 Å². The van der Waals surface area contributed by atoms with E-state index in [0.29, 0.717) is 30.8 Å². The molecule has 7 heteroatoms. The van der Waals surface area contributed by atoms with E-state index >= 15 is 0 Å². The molecule has 4 nitrogen and oxygen atoms in total. The number of alkyl halides is 3. The Kier molecular flexibility index (Phi) is 6.43. The summed E-state index contributed by atoms with van der Waals surface area (Å²) >= 11 is 0. The highest BCUT2D eigenvalue weighted by Gasteiger charge is 2.35. The van der Waals surface area contributed by atoms with Crippen LogP contribution in [0.3, 0.4) is 0 Å². The first-order valence-electron chi connectivity index (χ1n) is 8.74. The molecule has 1 aliphatic heterocycles. The largest absolute Gasteiger partial charge is 0.481 e. The third-order valence-corrected chi connectivity index (χ3v) is 4.86. The molecule has 0 spiro atoms. The third-order valence-electron chi connectivity index (χ3n) is 4.86. The van der Waals surface area contributed by atoms with E-state index in [4.69, 9.17) is 0 Å². The number of aliphatic carboxylic acids is 1. The number of piperidine rings is 1. The van der Waals surface area contributed by atoms with Gasteiger partial charge in [0.25, 0.3) is 0 Å². The lowest BCUT2D eigenvalue weighted by Gasteiger charge is -2.33. The van der Waals surface area contributed by atoms with Gasteiger partial charge in [0, 0.05) is 11.7 Å². The predicted octanol–water partition coefficient (Wildman–Crippen LogP) is 4.34. The van der Waals surface area contributed by atoms with Crippen molar-refractivity contribution >= 4 is 5.97 Å². The zero-order chi connectivity index (χ0) is 18.6. The molecule has 0 radical (unpaired) electrons. The number of carboxylic acids is 1. The average molecular weight is 358 g/mol. The summed E-state index contributed by atoms with van der Waals surface area (Å²) in [5.41, 5.74) is -0.0501. The van der Waals surface area contributed by atoms with Crippen molar-refractivity contribution < 1.29 is 23.1 Å². The molecular weight excluding hydrogens is 333 g/mol. The van der Waals surface area contributed by atoms with Crippen LogP contribution in [0, 0.1) is 18.8 Å². The number of pyridine rings is 1. The van der Waals surface area contributed by atoms with Gasteiger partial charge >= 0.3 is 12.1 Å². The van der Waals surface area contributed by atoms with Gasteiger partial charge in [-0.1, -0.05) is 19.8 Å². The minimum Gasteiger partial charge on any atom is -0.481 e. The van der Waals surface area contributed by atoms with Gasteiger partial charge in [-0.05, 0) is 50.8 Å². The summed E-state index contributed by atoms with van der Waals surface area (Å²) in [5.74, 6) is -1.31. The number of hydrogen-bond acceptors (Lipinski definition) is 3. The Balaban J connectivity index is 2.20. The van der Waals surface area contributed by atoms with Crippen LogP contribution in [0.5, 0.6) is 0 Å². The number of carboxylic acid groups (broad SMARTS) is 1. The van der Waals surface area contributed by atoms with Crippen LogP contribution in [-0.4, -0.2) is 22.6 Å². The number of halogens is 3. The normalized spacial score (nSPS) is 22.6. The molecule has 0 aliphatic carbocycles. The fourth-order valence-corrected chi connectivity index (χ4v) is 3.56. The van der Waals surface area contributed by atoms with Crippen LogP contribution in [0.2, 0.25) is 0 Å². The number of aryl methyl sites for hydroxylation is 1. The molecule has 1 saturated heterocycles. The fraction of sp³-hybridized carbons (Fsp3) is 0.667. The lowest BCUT2D eigenvalue weighted by Crippen LogP contribution is -2.37. The highest BCUT2D eigenvalue weighted by molar-refractivity contribution is 5.70. The van der Waals surface area contributed by atoms with Crippen molar-refractivity contribution in [1.82, 2.24) is 10.3 Å². The van der Waals surface area contributed by atoms with Gasteiger partial charge in [0.2, 0.25) is 0 Å². The smallest absolute Gasteiger partial charge is 0.416 e. The number of unbranched alkanes of at least 4 members (excludes halogenated alkanes) is 1. The van der Waals surface area contributed by atoms with Crippen molar-refractivity contribution in [2.45, 2.75) is 58.2 Å². The predicted molar refractivity (Wildman–Crippen MR) is 88.1 cm³/mol.